The Morgan fingerprint density at radius 2 is 1.78 bits per heavy atom. The number of carbonyl (C=O) groups excluding carboxylic acids is 1. The molecule has 2 aromatic carbocycles. The fourth-order valence-electron chi connectivity index (χ4n) is 3.14. The summed E-state index contributed by atoms with van der Waals surface area (Å²) in [6.07, 6.45) is 0. The zero-order valence-corrected chi connectivity index (χ0v) is 15.9. The number of benzene rings is 2. The number of halogens is 1. The van der Waals surface area contributed by atoms with E-state index in [0.717, 1.165) is 15.6 Å². The Kier molecular flexibility index (Phi) is 4.16. The van der Waals surface area contributed by atoms with Gasteiger partial charge in [0.25, 0.3) is 5.91 Å². The van der Waals surface area contributed by atoms with Crippen LogP contribution in [-0.4, -0.2) is 25.6 Å². The number of aromatic hydroxyl groups is 1. The minimum Gasteiger partial charge on any atom is -0.493 e. The zero-order chi connectivity index (χ0) is 19.1. The first-order valence-electron chi connectivity index (χ1n) is 8.21. The molecule has 134 valence electrons. The normalized spacial score (nSPS) is 11.0. The van der Waals surface area contributed by atoms with Gasteiger partial charge in [0.05, 0.1) is 17.0 Å². The number of hydrogen-bond acceptors (Lipinski definition) is 4. The maximum Gasteiger partial charge on any atom is 0.254 e. The topological polar surface area (TPSA) is 93.5 Å². The van der Waals surface area contributed by atoms with Gasteiger partial charge in [0.15, 0.2) is 5.65 Å². The molecule has 0 fully saturated rings. The maximum absolute atomic E-state index is 11.9. The SMILES string of the molecule is Cc1nn2c(O)c(-c3ccccc3Br)c(-c3ccccc3)nc2c1C(N)=O. The van der Waals surface area contributed by atoms with Crippen molar-refractivity contribution in [2.45, 2.75) is 6.92 Å². The minimum absolute atomic E-state index is 0.110. The monoisotopic (exact) mass is 422 g/mol. The fraction of sp³-hybridized carbons (Fsp3) is 0.0500. The molecule has 0 bridgehead atoms. The first-order valence-corrected chi connectivity index (χ1v) is 9.00. The van der Waals surface area contributed by atoms with E-state index >= 15 is 0 Å². The predicted octanol–water partition coefficient (Wildman–Crippen LogP) is 3.94. The zero-order valence-electron chi connectivity index (χ0n) is 14.3. The van der Waals surface area contributed by atoms with Gasteiger partial charge in [0.1, 0.15) is 5.56 Å². The molecule has 2 aromatic heterocycles. The van der Waals surface area contributed by atoms with Crippen molar-refractivity contribution in [2.24, 2.45) is 5.73 Å². The average molecular weight is 423 g/mol. The molecule has 0 aliphatic heterocycles. The van der Waals surface area contributed by atoms with Gasteiger partial charge in [0.2, 0.25) is 5.88 Å². The van der Waals surface area contributed by atoms with Gasteiger partial charge in [-0.25, -0.2) is 4.98 Å². The molecule has 3 N–H and O–H groups in total. The highest BCUT2D eigenvalue weighted by molar-refractivity contribution is 9.10. The molecule has 0 atom stereocenters. The molecule has 1 amide bonds. The molecule has 27 heavy (non-hydrogen) atoms. The Hall–Kier alpha value is -3.19. The number of nitrogens with zero attached hydrogens (tertiary/aromatic N) is 3. The van der Waals surface area contributed by atoms with Crippen LogP contribution in [0.15, 0.2) is 59.1 Å². The van der Waals surface area contributed by atoms with Gasteiger partial charge in [-0.2, -0.15) is 9.61 Å². The lowest BCUT2D eigenvalue weighted by Crippen LogP contribution is -2.12. The summed E-state index contributed by atoms with van der Waals surface area (Å²) < 4.78 is 2.06. The van der Waals surface area contributed by atoms with Gasteiger partial charge in [-0.1, -0.05) is 64.5 Å². The predicted molar refractivity (Wildman–Crippen MR) is 106 cm³/mol. The third-order valence-corrected chi connectivity index (χ3v) is 5.04. The summed E-state index contributed by atoms with van der Waals surface area (Å²) in [4.78, 5) is 16.6. The second-order valence-electron chi connectivity index (χ2n) is 6.06. The van der Waals surface area contributed by atoms with Crippen LogP contribution in [0.5, 0.6) is 5.88 Å². The summed E-state index contributed by atoms with van der Waals surface area (Å²) in [5.41, 5.74) is 8.96. The number of primary amides is 1. The Balaban J connectivity index is 2.17. The standard InChI is InChI=1S/C20H15BrN4O2/c1-11-15(18(22)26)19-23-17(12-7-3-2-4-8-12)16(20(27)25(19)24-11)13-9-5-6-10-14(13)21/h2-10,27H,1H3,(H2,22,26). The Morgan fingerprint density at radius 3 is 2.44 bits per heavy atom. The summed E-state index contributed by atoms with van der Waals surface area (Å²) in [6.45, 7) is 1.66. The molecule has 4 aromatic rings. The Labute approximate surface area is 163 Å². The van der Waals surface area contributed by atoms with Crippen molar-refractivity contribution in [3.05, 3.63) is 70.3 Å². The number of rotatable bonds is 3. The van der Waals surface area contributed by atoms with E-state index in [4.69, 9.17) is 5.73 Å². The molecule has 2 heterocycles. The number of aryl methyl sites for hydroxylation is 1. The van der Waals surface area contributed by atoms with Gasteiger partial charge in [-0.3, -0.25) is 4.79 Å². The second kappa shape index (κ2) is 6.51. The van der Waals surface area contributed by atoms with Crippen molar-refractivity contribution in [2.75, 3.05) is 0 Å². The quantitative estimate of drug-likeness (QED) is 0.522. The molecule has 0 aliphatic carbocycles. The van der Waals surface area contributed by atoms with Crippen molar-refractivity contribution in [3.8, 4) is 28.3 Å². The Morgan fingerprint density at radius 1 is 1.11 bits per heavy atom. The van der Waals surface area contributed by atoms with E-state index in [-0.39, 0.29) is 17.1 Å². The molecule has 0 unspecified atom stereocenters. The molecule has 0 radical (unpaired) electrons. The van der Waals surface area contributed by atoms with Gasteiger partial charge in [-0.05, 0) is 13.0 Å². The van der Waals surface area contributed by atoms with Crippen LogP contribution in [0, 0.1) is 6.92 Å². The first kappa shape index (κ1) is 17.2. The summed E-state index contributed by atoms with van der Waals surface area (Å²) in [6, 6.07) is 17.0. The molecule has 7 heteroatoms. The van der Waals surface area contributed by atoms with Crippen LogP contribution in [-0.2, 0) is 0 Å². The van der Waals surface area contributed by atoms with Gasteiger partial charge < -0.3 is 10.8 Å². The number of carbonyl (C=O) groups is 1. The molecule has 0 saturated carbocycles. The summed E-state index contributed by atoms with van der Waals surface area (Å²) in [7, 11) is 0. The molecular formula is C20H15BrN4O2. The van der Waals surface area contributed by atoms with Gasteiger partial charge in [0, 0.05) is 15.6 Å². The van der Waals surface area contributed by atoms with Crippen LogP contribution in [0.4, 0.5) is 0 Å². The van der Waals surface area contributed by atoms with Gasteiger partial charge in [-0.15, -0.1) is 0 Å². The van der Waals surface area contributed by atoms with Crippen molar-refractivity contribution >= 4 is 27.5 Å². The average Bonchev–Trinajstić information content (AvgIpc) is 3.00. The molecule has 0 saturated heterocycles. The van der Waals surface area contributed by atoms with Crippen LogP contribution < -0.4 is 5.73 Å². The van der Waals surface area contributed by atoms with E-state index in [1.165, 1.54) is 4.52 Å². The highest BCUT2D eigenvalue weighted by Crippen LogP contribution is 2.41. The van der Waals surface area contributed by atoms with Crippen molar-refractivity contribution in [1.29, 1.82) is 0 Å². The van der Waals surface area contributed by atoms with Crippen LogP contribution in [0.2, 0.25) is 0 Å². The number of amides is 1. The number of hydrogen-bond donors (Lipinski definition) is 2. The van der Waals surface area contributed by atoms with Crippen molar-refractivity contribution in [1.82, 2.24) is 14.6 Å². The van der Waals surface area contributed by atoms with Crippen LogP contribution in [0.3, 0.4) is 0 Å². The minimum atomic E-state index is -0.637. The highest BCUT2D eigenvalue weighted by atomic mass is 79.9. The molecule has 0 aliphatic rings. The first-order chi connectivity index (χ1) is 13.0. The molecular weight excluding hydrogens is 408 g/mol. The summed E-state index contributed by atoms with van der Waals surface area (Å²) in [5, 5.41) is 15.3. The third kappa shape index (κ3) is 2.76. The number of fused-ring (bicyclic) bond motifs is 1. The molecule has 6 nitrogen and oxygen atoms in total. The van der Waals surface area contributed by atoms with E-state index in [9.17, 15) is 9.90 Å². The van der Waals surface area contributed by atoms with Crippen LogP contribution >= 0.6 is 15.9 Å². The Bertz CT molecular complexity index is 1190. The van der Waals surface area contributed by atoms with E-state index in [1.807, 2.05) is 54.6 Å². The smallest absolute Gasteiger partial charge is 0.254 e. The number of aromatic nitrogens is 3. The van der Waals surface area contributed by atoms with E-state index in [2.05, 4.69) is 26.0 Å². The van der Waals surface area contributed by atoms with Crippen molar-refractivity contribution < 1.29 is 9.90 Å². The van der Waals surface area contributed by atoms with Gasteiger partial charge >= 0.3 is 0 Å². The molecule has 0 spiro atoms. The van der Waals surface area contributed by atoms with E-state index in [1.54, 1.807) is 6.92 Å². The molecule has 4 rings (SSSR count). The van der Waals surface area contributed by atoms with Crippen molar-refractivity contribution in [3.63, 3.8) is 0 Å². The highest BCUT2D eigenvalue weighted by Gasteiger charge is 2.25. The third-order valence-electron chi connectivity index (χ3n) is 4.35. The van der Waals surface area contributed by atoms with E-state index in [0.29, 0.717) is 17.0 Å². The second-order valence-corrected chi connectivity index (χ2v) is 6.92. The number of nitrogens with two attached hydrogens (primary N) is 1. The van der Waals surface area contributed by atoms with E-state index < -0.39 is 5.91 Å². The lowest BCUT2D eigenvalue weighted by molar-refractivity contribution is 0.100. The lowest BCUT2D eigenvalue weighted by Gasteiger charge is -2.14. The van der Waals surface area contributed by atoms with Crippen LogP contribution in [0.25, 0.3) is 28.0 Å². The van der Waals surface area contributed by atoms with Crippen LogP contribution in [0.1, 0.15) is 16.1 Å². The fourth-order valence-corrected chi connectivity index (χ4v) is 3.63. The lowest BCUT2D eigenvalue weighted by atomic mass is 10.00. The largest absolute Gasteiger partial charge is 0.493 e. The summed E-state index contributed by atoms with van der Waals surface area (Å²) in [5.74, 6) is -0.747. The maximum atomic E-state index is 11.9. The summed E-state index contributed by atoms with van der Waals surface area (Å²) >= 11 is 3.54.